The van der Waals surface area contributed by atoms with Gasteiger partial charge < -0.3 is 15.4 Å². The number of carbonyl (C=O) groups is 2. The number of nitrogens with one attached hydrogen (secondary N) is 2. The summed E-state index contributed by atoms with van der Waals surface area (Å²) in [4.78, 5) is 24.0. The first kappa shape index (κ1) is 19.2. The summed E-state index contributed by atoms with van der Waals surface area (Å²) in [5.41, 5.74) is 3.10. The number of amides is 2. The summed E-state index contributed by atoms with van der Waals surface area (Å²) < 4.78 is 5.17. The summed E-state index contributed by atoms with van der Waals surface area (Å²) in [7, 11) is 1.60. The number of anilines is 2. The second-order valence-electron chi connectivity index (χ2n) is 6.27. The van der Waals surface area contributed by atoms with E-state index in [1.807, 2.05) is 57.2 Å². The lowest BCUT2D eigenvalue weighted by Crippen LogP contribution is -2.18. The van der Waals surface area contributed by atoms with Gasteiger partial charge >= 0.3 is 0 Å². The fourth-order valence-electron chi connectivity index (χ4n) is 2.21. The molecule has 26 heavy (non-hydrogen) atoms. The van der Waals surface area contributed by atoms with Crippen molar-refractivity contribution in [3.63, 3.8) is 0 Å². The molecule has 0 fully saturated rings. The van der Waals surface area contributed by atoms with Gasteiger partial charge in [0.25, 0.3) is 0 Å². The van der Waals surface area contributed by atoms with Crippen molar-refractivity contribution in [3.05, 3.63) is 59.7 Å². The van der Waals surface area contributed by atoms with E-state index in [9.17, 15) is 9.59 Å². The van der Waals surface area contributed by atoms with Crippen LogP contribution in [0, 0.1) is 12.8 Å². The second kappa shape index (κ2) is 8.85. The van der Waals surface area contributed by atoms with Gasteiger partial charge in [-0.1, -0.05) is 32.0 Å². The van der Waals surface area contributed by atoms with Gasteiger partial charge in [-0.15, -0.1) is 0 Å². The Kier molecular flexibility index (Phi) is 6.55. The SMILES string of the molecule is COc1cccc(/C=C/C(=O)Nc2cc(NC(=O)C(C)C)ccc2C)c1. The molecule has 0 aliphatic heterocycles. The molecule has 2 amide bonds. The van der Waals surface area contributed by atoms with Crippen LogP contribution in [-0.2, 0) is 9.59 Å². The lowest BCUT2D eigenvalue weighted by Gasteiger charge is -2.12. The van der Waals surface area contributed by atoms with Crippen molar-refractivity contribution < 1.29 is 14.3 Å². The summed E-state index contributed by atoms with van der Waals surface area (Å²) in [5, 5.41) is 5.67. The predicted molar refractivity (Wildman–Crippen MR) is 105 cm³/mol. The lowest BCUT2D eigenvalue weighted by atomic mass is 10.1. The number of methoxy groups -OCH3 is 1. The minimum absolute atomic E-state index is 0.0657. The number of hydrogen-bond acceptors (Lipinski definition) is 3. The van der Waals surface area contributed by atoms with Crippen LogP contribution in [0.15, 0.2) is 48.5 Å². The van der Waals surface area contributed by atoms with E-state index in [0.717, 1.165) is 16.9 Å². The van der Waals surface area contributed by atoms with Crippen molar-refractivity contribution in [3.8, 4) is 5.75 Å². The molecule has 136 valence electrons. The Morgan fingerprint density at radius 3 is 2.54 bits per heavy atom. The van der Waals surface area contributed by atoms with Crippen LogP contribution in [0.4, 0.5) is 11.4 Å². The van der Waals surface area contributed by atoms with Gasteiger partial charge in [-0.05, 0) is 48.4 Å². The van der Waals surface area contributed by atoms with Crippen molar-refractivity contribution in [1.82, 2.24) is 0 Å². The molecule has 0 radical (unpaired) electrons. The maximum absolute atomic E-state index is 12.2. The molecular formula is C21H24N2O3. The molecule has 2 aromatic carbocycles. The monoisotopic (exact) mass is 352 g/mol. The fraction of sp³-hybridized carbons (Fsp3) is 0.238. The standard InChI is InChI=1S/C21H24N2O3/c1-14(2)21(25)22-17-10-8-15(3)19(13-17)23-20(24)11-9-16-6-5-7-18(12-16)26-4/h5-14H,1-4H3,(H,22,25)(H,23,24)/b11-9+. The van der Waals surface area contributed by atoms with Gasteiger partial charge in [-0.25, -0.2) is 0 Å². The molecule has 0 spiro atoms. The van der Waals surface area contributed by atoms with Crippen LogP contribution in [0.5, 0.6) is 5.75 Å². The third-order valence-corrected chi connectivity index (χ3v) is 3.81. The number of rotatable bonds is 6. The zero-order valence-corrected chi connectivity index (χ0v) is 15.5. The van der Waals surface area contributed by atoms with Crippen molar-refractivity contribution in [2.75, 3.05) is 17.7 Å². The van der Waals surface area contributed by atoms with Gasteiger partial charge in [0.15, 0.2) is 0 Å². The summed E-state index contributed by atoms with van der Waals surface area (Å²) in [6.07, 6.45) is 3.19. The van der Waals surface area contributed by atoms with Crippen molar-refractivity contribution >= 4 is 29.3 Å². The molecule has 0 saturated heterocycles. The molecule has 0 saturated carbocycles. The molecular weight excluding hydrogens is 328 g/mol. The van der Waals surface area contributed by atoms with Gasteiger partial charge in [0.1, 0.15) is 5.75 Å². The molecule has 0 unspecified atom stereocenters. The minimum Gasteiger partial charge on any atom is -0.497 e. The molecule has 0 aliphatic rings. The van der Waals surface area contributed by atoms with Gasteiger partial charge in [0, 0.05) is 23.4 Å². The summed E-state index contributed by atoms with van der Waals surface area (Å²) in [6.45, 7) is 5.56. The molecule has 0 heterocycles. The summed E-state index contributed by atoms with van der Waals surface area (Å²) in [6, 6.07) is 12.9. The number of carbonyl (C=O) groups excluding carboxylic acids is 2. The molecule has 0 atom stereocenters. The highest BCUT2D eigenvalue weighted by Crippen LogP contribution is 2.21. The van der Waals surface area contributed by atoms with Crippen LogP contribution >= 0.6 is 0 Å². The van der Waals surface area contributed by atoms with Gasteiger partial charge in [-0.3, -0.25) is 9.59 Å². The van der Waals surface area contributed by atoms with E-state index in [1.54, 1.807) is 19.3 Å². The Bertz CT molecular complexity index is 826. The van der Waals surface area contributed by atoms with Crippen molar-refractivity contribution in [1.29, 1.82) is 0 Å². The molecule has 5 nitrogen and oxygen atoms in total. The minimum atomic E-state index is -0.247. The molecule has 2 rings (SSSR count). The second-order valence-corrected chi connectivity index (χ2v) is 6.27. The van der Waals surface area contributed by atoms with Crippen molar-refractivity contribution in [2.45, 2.75) is 20.8 Å². The highest BCUT2D eigenvalue weighted by Gasteiger charge is 2.09. The Hall–Kier alpha value is -3.08. The number of hydrogen-bond donors (Lipinski definition) is 2. The predicted octanol–water partition coefficient (Wildman–Crippen LogP) is 4.25. The highest BCUT2D eigenvalue weighted by atomic mass is 16.5. The number of ether oxygens (including phenoxy) is 1. The van der Waals surface area contributed by atoms with Crippen molar-refractivity contribution in [2.24, 2.45) is 5.92 Å². The van der Waals surface area contributed by atoms with Crippen LogP contribution in [0.2, 0.25) is 0 Å². The molecule has 2 aromatic rings. The average Bonchev–Trinajstić information content (AvgIpc) is 2.62. The maximum Gasteiger partial charge on any atom is 0.248 e. The van der Waals surface area contributed by atoms with Crippen LogP contribution in [-0.4, -0.2) is 18.9 Å². The van der Waals surface area contributed by atoms with Gasteiger partial charge in [-0.2, -0.15) is 0 Å². The molecule has 0 aliphatic carbocycles. The largest absolute Gasteiger partial charge is 0.497 e. The number of benzene rings is 2. The molecule has 5 heteroatoms. The third kappa shape index (κ3) is 5.48. The first-order chi connectivity index (χ1) is 12.4. The fourth-order valence-corrected chi connectivity index (χ4v) is 2.21. The Labute approximate surface area is 154 Å². The first-order valence-electron chi connectivity index (χ1n) is 8.43. The maximum atomic E-state index is 12.2. The summed E-state index contributed by atoms with van der Waals surface area (Å²) in [5.74, 6) is 0.310. The quantitative estimate of drug-likeness (QED) is 0.764. The normalized spacial score (nSPS) is 10.8. The van der Waals surface area contributed by atoms with E-state index < -0.39 is 0 Å². The molecule has 2 N–H and O–H groups in total. The van der Waals surface area contributed by atoms with E-state index in [2.05, 4.69) is 10.6 Å². The Morgan fingerprint density at radius 2 is 1.85 bits per heavy atom. The Balaban J connectivity index is 2.08. The smallest absolute Gasteiger partial charge is 0.248 e. The summed E-state index contributed by atoms with van der Waals surface area (Å²) >= 11 is 0. The zero-order chi connectivity index (χ0) is 19.1. The van der Waals surface area contributed by atoms with E-state index in [0.29, 0.717) is 11.4 Å². The van der Waals surface area contributed by atoms with Gasteiger partial charge in [0.2, 0.25) is 11.8 Å². The lowest BCUT2D eigenvalue weighted by molar-refractivity contribution is -0.119. The topological polar surface area (TPSA) is 67.4 Å². The van der Waals surface area contributed by atoms with Crippen LogP contribution in [0.1, 0.15) is 25.0 Å². The molecule has 0 bridgehead atoms. The van der Waals surface area contributed by atoms with E-state index >= 15 is 0 Å². The third-order valence-electron chi connectivity index (χ3n) is 3.81. The van der Waals surface area contributed by atoms with Gasteiger partial charge in [0.05, 0.1) is 7.11 Å². The number of aryl methyl sites for hydroxylation is 1. The molecule has 0 aromatic heterocycles. The van der Waals surface area contributed by atoms with Crippen LogP contribution in [0.25, 0.3) is 6.08 Å². The average molecular weight is 352 g/mol. The van der Waals surface area contributed by atoms with Crippen LogP contribution in [0.3, 0.4) is 0 Å². The van der Waals surface area contributed by atoms with E-state index in [1.165, 1.54) is 6.08 Å². The van der Waals surface area contributed by atoms with E-state index in [4.69, 9.17) is 4.74 Å². The Morgan fingerprint density at radius 1 is 1.08 bits per heavy atom. The zero-order valence-electron chi connectivity index (χ0n) is 15.5. The first-order valence-corrected chi connectivity index (χ1v) is 8.43. The highest BCUT2D eigenvalue weighted by molar-refractivity contribution is 6.03. The van der Waals surface area contributed by atoms with Crippen LogP contribution < -0.4 is 15.4 Å². The van der Waals surface area contributed by atoms with E-state index in [-0.39, 0.29) is 17.7 Å².